The number of halogens is 1. The lowest BCUT2D eigenvalue weighted by molar-refractivity contribution is -0.135. The number of rotatable bonds is 5. The number of carbonyl (C=O) groups excluding carboxylic acids is 2. The summed E-state index contributed by atoms with van der Waals surface area (Å²) in [7, 11) is 0. The van der Waals surface area contributed by atoms with Crippen molar-refractivity contribution in [1.82, 2.24) is 0 Å². The summed E-state index contributed by atoms with van der Waals surface area (Å²) in [5.41, 5.74) is -0.733. The highest BCUT2D eigenvalue weighted by Crippen LogP contribution is 2.43. The van der Waals surface area contributed by atoms with Crippen LogP contribution in [0, 0.1) is 0 Å². The fraction of sp³-hybridized carbons (Fsp3) is 0.176. The third-order valence-electron chi connectivity index (χ3n) is 3.82. The van der Waals surface area contributed by atoms with Crippen molar-refractivity contribution in [2.75, 3.05) is 11.4 Å². The Morgan fingerprint density at radius 2 is 2.09 bits per heavy atom. The van der Waals surface area contributed by atoms with Crippen molar-refractivity contribution in [2.45, 2.75) is 12.0 Å². The lowest BCUT2D eigenvalue weighted by atomic mass is 9.89. The highest BCUT2D eigenvalue weighted by Gasteiger charge is 2.50. The predicted octanol–water partition coefficient (Wildman–Crippen LogP) is 3.50. The van der Waals surface area contributed by atoms with Crippen LogP contribution in [0.25, 0.3) is 0 Å². The summed E-state index contributed by atoms with van der Waals surface area (Å²) in [6.45, 7) is 3.93. The molecular weight excluding hydrogens is 378 g/mol. The van der Waals surface area contributed by atoms with Gasteiger partial charge in [-0.1, -0.05) is 24.3 Å². The van der Waals surface area contributed by atoms with E-state index in [1.165, 1.54) is 16.2 Å². The molecule has 1 aliphatic rings. The molecule has 0 unspecified atom stereocenters. The van der Waals surface area contributed by atoms with E-state index in [-0.39, 0.29) is 18.7 Å². The predicted molar refractivity (Wildman–Crippen MR) is 93.9 cm³/mol. The van der Waals surface area contributed by atoms with Gasteiger partial charge in [0.25, 0.3) is 5.91 Å². The molecule has 0 saturated heterocycles. The Bertz CT molecular complexity index is 801. The molecule has 3 rings (SSSR count). The van der Waals surface area contributed by atoms with E-state index in [0.29, 0.717) is 16.1 Å². The third kappa shape index (κ3) is 2.67. The first-order valence-corrected chi connectivity index (χ1v) is 8.61. The van der Waals surface area contributed by atoms with Gasteiger partial charge in [-0.05, 0) is 34.1 Å². The maximum atomic E-state index is 12.7. The number of aliphatic hydroxyl groups is 1. The van der Waals surface area contributed by atoms with Gasteiger partial charge in [0.2, 0.25) is 0 Å². The summed E-state index contributed by atoms with van der Waals surface area (Å²) in [6, 6.07) is 10.5. The molecule has 118 valence electrons. The molecule has 1 N–H and O–H groups in total. The van der Waals surface area contributed by atoms with Gasteiger partial charge >= 0.3 is 0 Å². The summed E-state index contributed by atoms with van der Waals surface area (Å²) >= 11 is 4.60. The smallest absolute Gasteiger partial charge is 0.264 e. The molecule has 0 aliphatic carbocycles. The molecule has 1 aromatic carbocycles. The van der Waals surface area contributed by atoms with Crippen LogP contribution in [0.3, 0.4) is 0 Å². The molecule has 23 heavy (non-hydrogen) atoms. The molecule has 1 atom stereocenters. The molecule has 0 saturated carbocycles. The van der Waals surface area contributed by atoms with Gasteiger partial charge < -0.3 is 10.0 Å². The van der Waals surface area contributed by atoms with Gasteiger partial charge in [-0.2, -0.15) is 0 Å². The number of hydrogen-bond acceptors (Lipinski definition) is 4. The summed E-state index contributed by atoms with van der Waals surface area (Å²) < 4.78 is 0.833. The van der Waals surface area contributed by atoms with Crippen molar-refractivity contribution in [3.63, 3.8) is 0 Å². The van der Waals surface area contributed by atoms with Crippen LogP contribution in [0.1, 0.15) is 21.7 Å². The van der Waals surface area contributed by atoms with Gasteiger partial charge in [0, 0.05) is 12.1 Å². The van der Waals surface area contributed by atoms with Gasteiger partial charge in [-0.15, -0.1) is 17.9 Å². The molecule has 0 radical (unpaired) electrons. The van der Waals surface area contributed by atoms with Crippen molar-refractivity contribution < 1.29 is 14.7 Å². The number of nitrogens with zero attached hydrogens (tertiary/aromatic N) is 1. The lowest BCUT2D eigenvalue weighted by Crippen LogP contribution is -2.41. The minimum Gasteiger partial charge on any atom is -0.375 e. The Morgan fingerprint density at radius 1 is 1.35 bits per heavy atom. The molecule has 6 heteroatoms. The highest BCUT2D eigenvalue weighted by molar-refractivity contribution is 9.11. The maximum absolute atomic E-state index is 12.7. The first-order valence-electron chi connectivity index (χ1n) is 7.00. The van der Waals surface area contributed by atoms with Gasteiger partial charge in [0.05, 0.1) is 20.8 Å². The van der Waals surface area contributed by atoms with Crippen molar-refractivity contribution in [2.24, 2.45) is 0 Å². The number of benzene rings is 1. The maximum Gasteiger partial charge on any atom is 0.264 e. The number of carbonyl (C=O) groups is 2. The Hall–Kier alpha value is -1.76. The summed E-state index contributed by atoms with van der Waals surface area (Å²) in [5, 5.41) is 11.0. The van der Waals surface area contributed by atoms with Crippen molar-refractivity contribution in [1.29, 1.82) is 0 Å². The van der Waals surface area contributed by atoms with Crippen LogP contribution >= 0.6 is 27.3 Å². The molecule has 0 fully saturated rings. The zero-order chi connectivity index (χ0) is 16.6. The average molecular weight is 392 g/mol. The molecule has 0 spiro atoms. The SMILES string of the molecule is C=CCN1C(=O)[C@@](O)(CC(=O)c2ccc(Br)s2)c2ccccc21. The van der Waals surface area contributed by atoms with Gasteiger partial charge in [0.15, 0.2) is 11.4 Å². The van der Waals surface area contributed by atoms with Gasteiger partial charge in [0.1, 0.15) is 0 Å². The average Bonchev–Trinajstić information content (AvgIpc) is 3.05. The number of amides is 1. The molecule has 1 aromatic heterocycles. The second kappa shape index (κ2) is 6.03. The molecular formula is C17H14BrNO3S. The second-order valence-electron chi connectivity index (χ2n) is 5.29. The van der Waals surface area contributed by atoms with E-state index in [2.05, 4.69) is 22.5 Å². The van der Waals surface area contributed by atoms with Crippen LogP contribution in [0.5, 0.6) is 0 Å². The van der Waals surface area contributed by atoms with Crippen LogP contribution in [0.15, 0.2) is 52.8 Å². The molecule has 1 amide bonds. The molecule has 4 nitrogen and oxygen atoms in total. The Balaban J connectivity index is 1.98. The van der Waals surface area contributed by atoms with E-state index < -0.39 is 11.5 Å². The Kier molecular flexibility index (Phi) is 4.23. The van der Waals surface area contributed by atoms with Crippen LogP contribution in [0.4, 0.5) is 5.69 Å². The fourth-order valence-electron chi connectivity index (χ4n) is 2.77. The van der Waals surface area contributed by atoms with E-state index in [0.717, 1.165) is 3.79 Å². The minimum atomic E-state index is -1.83. The highest BCUT2D eigenvalue weighted by atomic mass is 79.9. The largest absolute Gasteiger partial charge is 0.375 e. The number of fused-ring (bicyclic) bond motifs is 1. The van der Waals surface area contributed by atoms with E-state index in [9.17, 15) is 14.7 Å². The zero-order valence-corrected chi connectivity index (χ0v) is 14.6. The number of thiophene rings is 1. The van der Waals surface area contributed by atoms with Crippen molar-refractivity contribution in [3.05, 3.63) is 63.3 Å². The Labute approximate surface area is 146 Å². The summed E-state index contributed by atoms with van der Waals surface area (Å²) in [5.74, 6) is -0.741. The number of para-hydroxylation sites is 1. The second-order valence-corrected chi connectivity index (χ2v) is 7.75. The number of hydrogen-bond donors (Lipinski definition) is 1. The van der Waals surface area contributed by atoms with Gasteiger partial charge in [-0.25, -0.2) is 0 Å². The lowest BCUT2D eigenvalue weighted by Gasteiger charge is -2.21. The monoisotopic (exact) mass is 391 g/mol. The molecule has 2 heterocycles. The van der Waals surface area contributed by atoms with Crippen LogP contribution in [-0.4, -0.2) is 23.3 Å². The first-order chi connectivity index (χ1) is 11.0. The summed E-state index contributed by atoms with van der Waals surface area (Å²) in [4.78, 5) is 27.2. The Morgan fingerprint density at radius 3 is 2.74 bits per heavy atom. The van der Waals surface area contributed by atoms with E-state index in [4.69, 9.17) is 0 Å². The van der Waals surface area contributed by atoms with Crippen LogP contribution < -0.4 is 4.90 Å². The number of Topliss-reactive ketones (excluding diaryl/α,β-unsaturated/α-hetero) is 1. The van der Waals surface area contributed by atoms with Crippen molar-refractivity contribution in [3.8, 4) is 0 Å². The van der Waals surface area contributed by atoms with E-state index in [1.54, 1.807) is 42.5 Å². The molecule has 1 aliphatic heterocycles. The minimum absolute atomic E-state index is 0.258. The fourth-order valence-corrected chi connectivity index (χ4v) is 4.10. The van der Waals surface area contributed by atoms with E-state index in [1.807, 2.05) is 0 Å². The third-order valence-corrected chi connectivity index (χ3v) is 5.48. The molecule has 2 aromatic rings. The van der Waals surface area contributed by atoms with Crippen LogP contribution in [-0.2, 0) is 10.4 Å². The first kappa shape index (κ1) is 16.1. The van der Waals surface area contributed by atoms with Gasteiger partial charge in [-0.3, -0.25) is 9.59 Å². The van der Waals surface area contributed by atoms with Crippen molar-refractivity contribution >= 4 is 44.6 Å². The number of ketones is 1. The normalized spacial score (nSPS) is 19.7. The zero-order valence-electron chi connectivity index (χ0n) is 12.2. The summed E-state index contributed by atoms with van der Waals surface area (Å²) in [6.07, 6.45) is 1.32. The van der Waals surface area contributed by atoms with Crippen LogP contribution in [0.2, 0.25) is 0 Å². The topological polar surface area (TPSA) is 57.6 Å². The quantitative estimate of drug-likeness (QED) is 0.626. The molecule has 0 bridgehead atoms. The standard InChI is InChI=1S/C17H14BrNO3S/c1-2-9-19-12-6-4-3-5-11(12)17(22,16(19)21)10-13(20)14-7-8-15(18)23-14/h2-8,22H,1,9-10H2/t17-/m1/s1. The van der Waals surface area contributed by atoms with E-state index >= 15 is 0 Å². The number of anilines is 1.